The first-order chi connectivity index (χ1) is 8.22. The van der Waals surface area contributed by atoms with Crippen LogP contribution in [-0.2, 0) is 6.54 Å². The Morgan fingerprint density at radius 2 is 2.35 bits per heavy atom. The fourth-order valence-electron chi connectivity index (χ4n) is 1.44. The summed E-state index contributed by atoms with van der Waals surface area (Å²) in [5.41, 5.74) is 0.938. The van der Waals surface area contributed by atoms with Gasteiger partial charge >= 0.3 is 5.97 Å². The van der Waals surface area contributed by atoms with Gasteiger partial charge in [-0.15, -0.1) is 6.42 Å². The normalized spacial score (nSPS) is 9.82. The van der Waals surface area contributed by atoms with Gasteiger partial charge in [0.2, 0.25) is 0 Å². The zero-order valence-corrected chi connectivity index (χ0v) is 8.87. The minimum absolute atomic E-state index is 0.0963. The van der Waals surface area contributed by atoms with Crippen molar-refractivity contribution in [2.24, 2.45) is 0 Å². The van der Waals surface area contributed by atoms with Gasteiger partial charge < -0.3 is 5.11 Å². The molecular formula is C12H9N3O2. The van der Waals surface area contributed by atoms with Gasteiger partial charge in [-0.2, -0.15) is 5.10 Å². The molecule has 84 valence electrons. The summed E-state index contributed by atoms with van der Waals surface area (Å²) in [7, 11) is 0. The Hall–Kier alpha value is -2.61. The van der Waals surface area contributed by atoms with Crippen LogP contribution in [0, 0.1) is 12.3 Å². The third-order valence-corrected chi connectivity index (χ3v) is 2.15. The van der Waals surface area contributed by atoms with Crippen LogP contribution in [0.3, 0.4) is 0 Å². The molecule has 0 saturated heterocycles. The first-order valence-electron chi connectivity index (χ1n) is 4.88. The molecule has 0 bridgehead atoms. The van der Waals surface area contributed by atoms with E-state index < -0.39 is 5.97 Å². The summed E-state index contributed by atoms with van der Waals surface area (Å²) in [4.78, 5) is 15.2. The number of carboxylic acids is 1. The molecule has 0 spiro atoms. The fourth-order valence-corrected chi connectivity index (χ4v) is 1.44. The number of hydrogen-bond acceptors (Lipinski definition) is 3. The Kier molecular flexibility index (Phi) is 2.88. The van der Waals surface area contributed by atoms with Gasteiger partial charge in [-0.3, -0.25) is 9.67 Å². The SMILES string of the molecule is C#CCn1cc(C(=O)O)c(-c2ccccn2)n1. The van der Waals surface area contributed by atoms with Gasteiger partial charge in [0.05, 0.1) is 5.69 Å². The van der Waals surface area contributed by atoms with Crippen molar-refractivity contribution in [1.82, 2.24) is 14.8 Å². The lowest BCUT2D eigenvalue weighted by Gasteiger charge is -1.96. The monoisotopic (exact) mass is 227 g/mol. The quantitative estimate of drug-likeness (QED) is 0.802. The van der Waals surface area contributed by atoms with Crippen LogP contribution in [0.5, 0.6) is 0 Å². The van der Waals surface area contributed by atoms with Gasteiger partial charge in [0.15, 0.2) is 0 Å². The van der Waals surface area contributed by atoms with Gasteiger partial charge in [-0.1, -0.05) is 12.0 Å². The van der Waals surface area contributed by atoms with E-state index in [4.69, 9.17) is 11.5 Å². The van der Waals surface area contributed by atoms with Crippen molar-refractivity contribution in [3.8, 4) is 23.7 Å². The molecule has 2 aromatic heterocycles. The highest BCUT2D eigenvalue weighted by atomic mass is 16.4. The molecule has 5 heteroatoms. The van der Waals surface area contributed by atoms with E-state index in [1.807, 2.05) is 0 Å². The molecule has 0 unspecified atom stereocenters. The zero-order valence-electron chi connectivity index (χ0n) is 8.87. The van der Waals surface area contributed by atoms with E-state index in [0.717, 1.165) is 0 Å². The van der Waals surface area contributed by atoms with Crippen LogP contribution in [0.1, 0.15) is 10.4 Å². The minimum Gasteiger partial charge on any atom is -0.478 e. The van der Waals surface area contributed by atoms with Crippen molar-refractivity contribution < 1.29 is 9.90 Å². The van der Waals surface area contributed by atoms with Gasteiger partial charge in [-0.05, 0) is 12.1 Å². The summed E-state index contributed by atoms with van der Waals surface area (Å²) in [6.07, 6.45) is 8.15. The van der Waals surface area contributed by atoms with Crippen LogP contribution in [0.2, 0.25) is 0 Å². The maximum Gasteiger partial charge on any atom is 0.339 e. The molecule has 17 heavy (non-hydrogen) atoms. The van der Waals surface area contributed by atoms with Crippen LogP contribution in [0.4, 0.5) is 0 Å². The van der Waals surface area contributed by atoms with E-state index in [1.54, 1.807) is 24.4 Å². The Balaban J connectivity index is 2.53. The number of carbonyl (C=O) groups is 1. The maximum absolute atomic E-state index is 11.1. The van der Waals surface area contributed by atoms with Crippen LogP contribution in [0.25, 0.3) is 11.4 Å². The minimum atomic E-state index is -1.05. The Labute approximate surface area is 97.7 Å². The van der Waals surface area contributed by atoms with Crippen LogP contribution < -0.4 is 0 Å². The summed E-state index contributed by atoms with van der Waals surface area (Å²) in [6.45, 7) is 0.229. The van der Waals surface area contributed by atoms with Crippen molar-refractivity contribution >= 4 is 5.97 Å². The summed E-state index contributed by atoms with van der Waals surface area (Å²) in [5.74, 6) is 1.35. The highest BCUT2D eigenvalue weighted by Crippen LogP contribution is 2.19. The molecule has 1 N–H and O–H groups in total. The molecule has 2 aromatic rings. The van der Waals surface area contributed by atoms with Crippen molar-refractivity contribution in [3.63, 3.8) is 0 Å². The van der Waals surface area contributed by atoms with E-state index in [0.29, 0.717) is 11.4 Å². The maximum atomic E-state index is 11.1. The molecule has 5 nitrogen and oxygen atoms in total. The molecule has 0 aliphatic carbocycles. The largest absolute Gasteiger partial charge is 0.478 e. The topological polar surface area (TPSA) is 68.0 Å². The number of aromatic carboxylic acids is 1. The molecule has 0 radical (unpaired) electrons. The van der Waals surface area contributed by atoms with Crippen LogP contribution >= 0.6 is 0 Å². The van der Waals surface area contributed by atoms with Crippen molar-refractivity contribution in [1.29, 1.82) is 0 Å². The molecule has 0 saturated carbocycles. The second-order valence-electron chi connectivity index (χ2n) is 3.31. The first kappa shape index (κ1) is 10.9. The van der Waals surface area contributed by atoms with Gasteiger partial charge in [0.1, 0.15) is 17.8 Å². The van der Waals surface area contributed by atoms with E-state index in [-0.39, 0.29) is 12.1 Å². The molecule has 0 fully saturated rings. The van der Waals surface area contributed by atoms with Gasteiger partial charge in [-0.25, -0.2) is 4.79 Å². The molecule has 2 heterocycles. The number of nitrogens with zero attached hydrogens (tertiary/aromatic N) is 3. The highest BCUT2D eigenvalue weighted by Gasteiger charge is 2.17. The molecular weight excluding hydrogens is 218 g/mol. The van der Waals surface area contributed by atoms with Gasteiger partial charge in [0.25, 0.3) is 0 Å². The smallest absolute Gasteiger partial charge is 0.339 e. The van der Waals surface area contributed by atoms with E-state index >= 15 is 0 Å². The average molecular weight is 227 g/mol. The Morgan fingerprint density at radius 1 is 1.53 bits per heavy atom. The fraction of sp³-hybridized carbons (Fsp3) is 0.0833. The highest BCUT2D eigenvalue weighted by molar-refractivity contribution is 5.94. The summed E-state index contributed by atoms with van der Waals surface area (Å²) >= 11 is 0. The number of pyridine rings is 1. The van der Waals surface area contributed by atoms with E-state index in [2.05, 4.69) is 16.0 Å². The Bertz CT molecular complexity index is 582. The molecule has 0 aliphatic rings. The van der Waals surface area contributed by atoms with E-state index in [9.17, 15) is 4.79 Å². The average Bonchev–Trinajstić information content (AvgIpc) is 2.75. The predicted octanol–water partition coefficient (Wildman–Crippen LogP) is 1.28. The van der Waals surface area contributed by atoms with Gasteiger partial charge in [0, 0.05) is 12.4 Å². The summed E-state index contributed by atoms with van der Waals surface area (Å²) < 4.78 is 1.41. The van der Waals surface area contributed by atoms with Crippen molar-refractivity contribution in [3.05, 3.63) is 36.2 Å². The lowest BCUT2D eigenvalue weighted by atomic mass is 10.2. The van der Waals surface area contributed by atoms with Crippen LogP contribution in [0.15, 0.2) is 30.6 Å². The lowest BCUT2D eigenvalue weighted by Crippen LogP contribution is -1.97. The molecule has 0 amide bonds. The Morgan fingerprint density at radius 3 is 2.94 bits per heavy atom. The van der Waals surface area contributed by atoms with Crippen LogP contribution in [-0.4, -0.2) is 25.8 Å². The van der Waals surface area contributed by atoms with Crippen molar-refractivity contribution in [2.45, 2.75) is 6.54 Å². The van der Waals surface area contributed by atoms with Crippen molar-refractivity contribution in [2.75, 3.05) is 0 Å². The lowest BCUT2D eigenvalue weighted by molar-refractivity contribution is 0.0697. The molecule has 0 aromatic carbocycles. The summed E-state index contributed by atoms with van der Waals surface area (Å²) in [6, 6.07) is 5.23. The number of rotatable bonds is 3. The number of hydrogen-bond donors (Lipinski definition) is 1. The number of terminal acetylenes is 1. The molecule has 2 rings (SSSR count). The predicted molar refractivity (Wildman–Crippen MR) is 61.3 cm³/mol. The third kappa shape index (κ3) is 2.16. The number of aromatic nitrogens is 3. The summed E-state index contributed by atoms with van der Waals surface area (Å²) in [5, 5.41) is 13.2. The zero-order chi connectivity index (χ0) is 12.3. The first-order valence-corrected chi connectivity index (χ1v) is 4.88. The molecule has 0 aliphatic heterocycles. The molecule has 0 atom stereocenters. The third-order valence-electron chi connectivity index (χ3n) is 2.15. The standard InChI is InChI=1S/C12H9N3O2/c1-2-7-15-8-9(12(16)17)11(14-15)10-5-3-4-6-13-10/h1,3-6,8H,7H2,(H,16,17). The van der Waals surface area contributed by atoms with E-state index in [1.165, 1.54) is 10.9 Å². The second kappa shape index (κ2) is 4.49. The number of carboxylic acid groups (broad SMARTS) is 1. The second-order valence-corrected chi connectivity index (χ2v) is 3.31.